The van der Waals surface area contributed by atoms with E-state index in [1.807, 2.05) is 36.1 Å². The average Bonchev–Trinajstić information content (AvgIpc) is 2.72. The highest BCUT2D eigenvalue weighted by Gasteiger charge is 2.31. The van der Waals surface area contributed by atoms with Gasteiger partial charge < -0.3 is 16.0 Å². The van der Waals surface area contributed by atoms with E-state index in [0.717, 1.165) is 37.8 Å². The number of hydrogen-bond donors (Lipinski definition) is 2. The van der Waals surface area contributed by atoms with Gasteiger partial charge in [-0.2, -0.15) is 0 Å². The van der Waals surface area contributed by atoms with Gasteiger partial charge in [0.1, 0.15) is 0 Å². The predicted molar refractivity (Wildman–Crippen MR) is 115 cm³/mol. The Morgan fingerprint density at radius 2 is 1.79 bits per heavy atom. The predicted octanol–water partition coefficient (Wildman–Crippen LogP) is 3.29. The smallest absolute Gasteiger partial charge is 0.253 e. The standard InChI is InChI=1S/C22H33N3O2.ClH/c1-16-9-11-18(12-10-16)22(27)25-13-5-8-19(15-25)21(26)24-20(14-23)17-6-3-2-4-7-17;/h9-12,17,19-20H,2-8,13-15,23H2,1H3,(H,24,26);1H. The van der Waals surface area contributed by atoms with Gasteiger partial charge in [-0.05, 0) is 50.7 Å². The lowest BCUT2D eigenvalue weighted by Crippen LogP contribution is -2.51. The number of rotatable bonds is 5. The summed E-state index contributed by atoms with van der Waals surface area (Å²) in [4.78, 5) is 27.5. The number of halogens is 1. The average molecular weight is 408 g/mol. The third-order valence-electron chi connectivity index (χ3n) is 6.18. The van der Waals surface area contributed by atoms with Crippen LogP contribution in [0.1, 0.15) is 60.9 Å². The molecule has 1 aromatic rings. The molecule has 2 fully saturated rings. The number of aryl methyl sites for hydroxylation is 1. The van der Waals surface area contributed by atoms with E-state index in [9.17, 15) is 9.59 Å². The van der Waals surface area contributed by atoms with E-state index in [1.165, 1.54) is 19.3 Å². The van der Waals surface area contributed by atoms with Crippen LogP contribution in [0.25, 0.3) is 0 Å². The van der Waals surface area contributed by atoms with Gasteiger partial charge in [-0.1, -0.05) is 37.0 Å². The number of nitrogens with one attached hydrogen (secondary N) is 1. The molecule has 1 saturated carbocycles. The molecule has 0 bridgehead atoms. The number of hydrogen-bond acceptors (Lipinski definition) is 3. The fourth-order valence-electron chi connectivity index (χ4n) is 4.46. The summed E-state index contributed by atoms with van der Waals surface area (Å²) in [5, 5.41) is 3.21. The first-order valence-electron chi connectivity index (χ1n) is 10.4. The Hall–Kier alpha value is -1.59. The first kappa shape index (κ1) is 22.7. The van der Waals surface area contributed by atoms with Crippen molar-refractivity contribution in [1.82, 2.24) is 10.2 Å². The molecule has 3 N–H and O–H groups in total. The zero-order valence-electron chi connectivity index (χ0n) is 16.9. The van der Waals surface area contributed by atoms with Gasteiger partial charge in [-0.25, -0.2) is 0 Å². The summed E-state index contributed by atoms with van der Waals surface area (Å²) in [6.45, 7) is 3.73. The van der Waals surface area contributed by atoms with Crippen molar-refractivity contribution in [3.05, 3.63) is 35.4 Å². The maximum atomic E-state index is 12.9. The van der Waals surface area contributed by atoms with Crippen molar-refractivity contribution in [3.8, 4) is 0 Å². The molecule has 2 amide bonds. The van der Waals surface area contributed by atoms with Crippen molar-refractivity contribution in [2.75, 3.05) is 19.6 Å². The lowest BCUT2D eigenvalue weighted by atomic mass is 9.83. The zero-order chi connectivity index (χ0) is 19.2. The number of benzene rings is 1. The van der Waals surface area contributed by atoms with Gasteiger partial charge in [0.2, 0.25) is 5.91 Å². The topological polar surface area (TPSA) is 75.4 Å². The summed E-state index contributed by atoms with van der Waals surface area (Å²) in [5.41, 5.74) is 7.80. The Balaban J connectivity index is 0.00000280. The molecule has 6 heteroatoms. The summed E-state index contributed by atoms with van der Waals surface area (Å²) in [6, 6.07) is 7.72. The summed E-state index contributed by atoms with van der Waals surface area (Å²) in [6.07, 6.45) is 7.78. The van der Waals surface area contributed by atoms with Crippen LogP contribution in [0.3, 0.4) is 0 Å². The van der Waals surface area contributed by atoms with Gasteiger partial charge >= 0.3 is 0 Å². The number of piperidine rings is 1. The highest BCUT2D eigenvalue weighted by Crippen LogP contribution is 2.27. The Labute approximate surface area is 174 Å². The Kier molecular flexibility index (Phi) is 8.77. The number of nitrogens with zero attached hydrogens (tertiary/aromatic N) is 1. The minimum absolute atomic E-state index is 0. The fourth-order valence-corrected chi connectivity index (χ4v) is 4.46. The van der Waals surface area contributed by atoms with Crippen LogP contribution in [0.15, 0.2) is 24.3 Å². The molecule has 1 aliphatic carbocycles. The molecule has 2 aliphatic rings. The number of carbonyl (C=O) groups is 2. The van der Waals surface area contributed by atoms with Gasteiger partial charge in [0, 0.05) is 31.2 Å². The van der Waals surface area contributed by atoms with Crippen molar-refractivity contribution in [1.29, 1.82) is 0 Å². The van der Waals surface area contributed by atoms with Crippen molar-refractivity contribution in [2.24, 2.45) is 17.6 Å². The van der Waals surface area contributed by atoms with E-state index >= 15 is 0 Å². The van der Waals surface area contributed by atoms with E-state index in [-0.39, 0.29) is 36.2 Å². The molecule has 1 saturated heterocycles. The van der Waals surface area contributed by atoms with Crippen LogP contribution in [0, 0.1) is 18.8 Å². The Bertz CT molecular complexity index is 644. The van der Waals surface area contributed by atoms with Crippen molar-refractivity contribution in [2.45, 2.75) is 57.9 Å². The number of nitrogens with two attached hydrogens (primary N) is 1. The Morgan fingerprint density at radius 1 is 1.11 bits per heavy atom. The van der Waals surface area contributed by atoms with Gasteiger partial charge in [-0.15, -0.1) is 12.4 Å². The molecular weight excluding hydrogens is 374 g/mol. The molecule has 0 radical (unpaired) electrons. The minimum Gasteiger partial charge on any atom is -0.352 e. The molecule has 156 valence electrons. The highest BCUT2D eigenvalue weighted by atomic mass is 35.5. The van der Waals surface area contributed by atoms with Gasteiger partial charge in [0.25, 0.3) is 5.91 Å². The summed E-state index contributed by atoms with van der Waals surface area (Å²) in [7, 11) is 0. The van der Waals surface area contributed by atoms with E-state index < -0.39 is 0 Å². The van der Waals surface area contributed by atoms with Crippen LogP contribution in [0.4, 0.5) is 0 Å². The molecule has 0 spiro atoms. The molecular formula is C22H34ClN3O2. The molecule has 1 aromatic carbocycles. The summed E-state index contributed by atoms with van der Waals surface area (Å²) in [5.74, 6) is 0.458. The van der Waals surface area contributed by atoms with Crippen molar-refractivity contribution >= 4 is 24.2 Å². The van der Waals surface area contributed by atoms with E-state index in [2.05, 4.69) is 5.32 Å². The SMILES string of the molecule is Cc1ccc(C(=O)N2CCCC(C(=O)NC(CN)C3CCCCC3)C2)cc1.Cl. The molecule has 2 atom stereocenters. The summed E-state index contributed by atoms with van der Waals surface area (Å²) >= 11 is 0. The molecule has 28 heavy (non-hydrogen) atoms. The van der Waals surface area contributed by atoms with Gasteiger partial charge in [0.15, 0.2) is 0 Å². The highest BCUT2D eigenvalue weighted by molar-refractivity contribution is 5.94. The first-order chi connectivity index (χ1) is 13.1. The molecule has 0 aromatic heterocycles. The summed E-state index contributed by atoms with van der Waals surface area (Å²) < 4.78 is 0. The van der Waals surface area contributed by atoms with Crippen LogP contribution in [0.5, 0.6) is 0 Å². The van der Waals surface area contributed by atoms with Crippen molar-refractivity contribution in [3.63, 3.8) is 0 Å². The lowest BCUT2D eigenvalue weighted by Gasteiger charge is -2.35. The van der Waals surface area contributed by atoms with Crippen LogP contribution in [-0.4, -0.2) is 42.4 Å². The number of likely N-dealkylation sites (tertiary alicyclic amines) is 1. The van der Waals surface area contributed by atoms with Crippen LogP contribution >= 0.6 is 12.4 Å². The second kappa shape index (κ2) is 10.8. The minimum atomic E-state index is -0.134. The quantitative estimate of drug-likeness (QED) is 0.786. The number of amides is 2. The van der Waals surface area contributed by atoms with E-state index in [1.54, 1.807) is 0 Å². The fraction of sp³-hybridized carbons (Fsp3) is 0.636. The third kappa shape index (κ3) is 5.71. The van der Waals surface area contributed by atoms with Crippen LogP contribution in [-0.2, 0) is 4.79 Å². The zero-order valence-corrected chi connectivity index (χ0v) is 17.7. The van der Waals surface area contributed by atoms with Crippen LogP contribution in [0.2, 0.25) is 0 Å². The largest absolute Gasteiger partial charge is 0.352 e. The molecule has 5 nitrogen and oxygen atoms in total. The van der Waals surface area contributed by atoms with Gasteiger partial charge in [0.05, 0.1) is 5.92 Å². The van der Waals surface area contributed by atoms with E-state index in [4.69, 9.17) is 5.73 Å². The molecule has 1 heterocycles. The lowest BCUT2D eigenvalue weighted by molar-refractivity contribution is -0.127. The molecule has 3 rings (SSSR count). The Morgan fingerprint density at radius 3 is 2.43 bits per heavy atom. The maximum Gasteiger partial charge on any atom is 0.253 e. The monoisotopic (exact) mass is 407 g/mol. The third-order valence-corrected chi connectivity index (χ3v) is 6.18. The first-order valence-corrected chi connectivity index (χ1v) is 10.4. The second-order valence-corrected chi connectivity index (χ2v) is 8.21. The second-order valence-electron chi connectivity index (χ2n) is 8.21. The maximum absolute atomic E-state index is 12.9. The number of carbonyl (C=O) groups excluding carboxylic acids is 2. The van der Waals surface area contributed by atoms with E-state index in [0.29, 0.717) is 24.6 Å². The van der Waals surface area contributed by atoms with Crippen LogP contribution < -0.4 is 11.1 Å². The molecule has 2 unspecified atom stereocenters. The van der Waals surface area contributed by atoms with Gasteiger partial charge in [-0.3, -0.25) is 9.59 Å². The molecule has 1 aliphatic heterocycles. The van der Waals surface area contributed by atoms with Crippen molar-refractivity contribution < 1.29 is 9.59 Å². The normalized spacial score (nSPS) is 21.5.